The van der Waals surface area contributed by atoms with E-state index in [-0.39, 0.29) is 11.3 Å². The number of carbonyl (C=O) groups excluding carboxylic acids is 1. The molecule has 0 aromatic rings. The van der Waals surface area contributed by atoms with Crippen molar-refractivity contribution in [1.82, 2.24) is 5.32 Å². The Bertz CT molecular complexity index is 123. The van der Waals surface area contributed by atoms with Crippen molar-refractivity contribution in [2.75, 3.05) is 11.9 Å². The van der Waals surface area contributed by atoms with Crippen LogP contribution >= 0.6 is 15.9 Å². The Balaban J connectivity index is 3.91. The number of rotatable bonds is 3. The second-order valence-corrected chi connectivity index (χ2v) is 3.44. The van der Waals surface area contributed by atoms with Gasteiger partial charge in [0.2, 0.25) is 5.91 Å². The maximum absolute atomic E-state index is 11.2. The van der Waals surface area contributed by atoms with Gasteiger partial charge in [0.05, 0.1) is 5.41 Å². The van der Waals surface area contributed by atoms with E-state index >= 15 is 0 Å². The quantitative estimate of drug-likeness (QED) is 0.700. The van der Waals surface area contributed by atoms with Gasteiger partial charge in [0.25, 0.3) is 0 Å². The fourth-order valence-electron chi connectivity index (χ4n) is 0.461. The molecule has 0 rings (SSSR count). The smallest absolute Gasteiger partial charge is 0.226 e. The summed E-state index contributed by atoms with van der Waals surface area (Å²) in [5.74, 6) is 0.104. The molecule has 0 atom stereocenters. The van der Waals surface area contributed by atoms with Gasteiger partial charge in [-0.2, -0.15) is 0 Å². The van der Waals surface area contributed by atoms with Crippen LogP contribution in [0.25, 0.3) is 0 Å². The molecule has 2 nitrogen and oxygen atoms in total. The summed E-state index contributed by atoms with van der Waals surface area (Å²) >= 11 is 3.28. The first-order chi connectivity index (χ1) is 4.54. The van der Waals surface area contributed by atoms with Gasteiger partial charge in [0, 0.05) is 11.9 Å². The summed E-state index contributed by atoms with van der Waals surface area (Å²) in [6.07, 6.45) is 0. The molecular weight excluding hydrogens is 194 g/mol. The first kappa shape index (κ1) is 9.95. The lowest BCUT2D eigenvalue weighted by atomic mass is 9.96. The molecule has 0 spiro atoms. The van der Waals surface area contributed by atoms with Crippen molar-refractivity contribution in [1.29, 1.82) is 0 Å². The van der Waals surface area contributed by atoms with E-state index in [1.165, 1.54) is 0 Å². The molecule has 0 radical (unpaired) electrons. The fraction of sp³-hybridized carbons (Fsp3) is 0.857. The number of halogens is 1. The third kappa shape index (κ3) is 2.69. The number of hydrogen-bond acceptors (Lipinski definition) is 1. The Kier molecular flexibility index (Phi) is 3.94. The zero-order valence-electron chi connectivity index (χ0n) is 6.70. The summed E-state index contributed by atoms with van der Waals surface area (Å²) in [4.78, 5) is 11.2. The molecule has 0 aliphatic carbocycles. The summed E-state index contributed by atoms with van der Waals surface area (Å²) in [5, 5.41) is 3.47. The number of amides is 1. The maximum Gasteiger partial charge on any atom is 0.226 e. The molecule has 0 fully saturated rings. The van der Waals surface area contributed by atoms with Crippen LogP contribution in [0, 0.1) is 5.41 Å². The van der Waals surface area contributed by atoms with Crippen LogP contribution in [0.3, 0.4) is 0 Å². The standard InChI is InChI=1S/C7H14BrNO/c1-4-9-6(10)7(2,3)5-8/h4-5H2,1-3H3,(H,9,10). The summed E-state index contributed by atoms with van der Waals surface area (Å²) < 4.78 is 0. The minimum absolute atomic E-state index is 0.104. The lowest BCUT2D eigenvalue weighted by Gasteiger charge is -2.19. The molecule has 0 bridgehead atoms. The van der Waals surface area contributed by atoms with Gasteiger partial charge in [-0.1, -0.05) is 29.8 Å². The molecular formula is C7H14BrNO. The molecule has 0 heterocycles. The minimum Gasteiger partial charge on any atom is -0.356 e. The van der Waals surface area contributed by atoms with Gasteiger partial charge in [-0.25, -0.2) is 0 Å². The topological polar surface area (TPSA) is 29.1 Å². The lowest BCUT2D eigenvalue weighted by molar-refractivity contribution is -0.128. The molecule has 0 saturated heterocycles. The van der Waals surface area contributed by atoms with Gasteiger partial charge in [0.15, 0.2) is 0 Å². The summed E-state index contributed by atoms with van der Waals surface area (Å²) in [5.41, 5.74) is -0.282. The zero-order valence-corrected chi connectivity index (χ0v) is 8.29. The molecule has 0 aromatic carbocycles. The molecule has 0 aromatic heterocycles. The van der Waals surface area contributed by atoms with Crippen LogP contribution in [0.15, 0.2) is 0 Å². The molecule has 1 amide bonds. The Morgan fingerprint density at radius 3 is 2.40 bits per heavy atom. The van der Waals surface area contributed by atoms with Crippen molar-refractivity contribution >= 4 is 21.8 Å². The van der Waals surface area contributed by atoms with E-state index in [0.717, 1.165) is 0 Å². The van der Waals surface area contributed by atoms with E-state index in [9.17, 15) is 4.79 Å². The van der Waals surface area contributed by atoms with Gasteiger partial charge >= 0.3 is 0 Å². The highest BCUT2D eigenvalue weighted by Crippen LogP contribution is 2.17. The largest absolute Gasteiger partial charge is 0.356 e. The Labute approximate surface area is 70.5 Å². The molecule has 0 unspecified atom stereocenters. The van der Waals surface area contributed by atoms with Crippen molar-refractivity contribution in [2.24, 2.45) is 5.41 Å². The first-order valence-corrected chi connectivity index (χ1v) is 4.51. The van der Waals surface area contributed by atoms with Crippen molar-refractivity contribution in [2.45, 2.75) is 20.8 Å². The van der Waals surface area contributed by atoms with Gasteiger partial charge in [-0.3, -0.25) is 4.79 Å². The number of alkyl halides is 1. The zero-order chi connectivity index (χ0) is 8.20. The highest BCUT2D eigenvalue weighted by Gasteiger charge is 2.24. The van der Waals surface area contributed by atoms with Gasteiger partial charge in [0.1, 0.15) is 0 Å². The highest BCUT2D eigenvalue weighted by atomic mass is 79.9. The van der Waals surface area contributed by atoms with Gasteiger partial charge in [-0.05, 0) is 6.92 Å². The van der Waals surface area contributed by atoms with Crippen molar-refractivity contribution in [3.63, 3.8) is 0 Å². The lowest BCUT2D eigenvalue weighted by Crippen LogP contribution is -2.37. The summed E-state index contributed by atoms with van der Waals surface area (Å²) in [7, 11) is 0. The second-order valence-electron chi connectivity index (χ2n) is 2.88. The number of carbonyl (C=O) groups is 1. The average Bonchev–Trinajstić information content (AvgIpc) is 1.89. The minimum atomic E-state index is -0.282. The van der Waals surface area contributed by atoms with E-state index in [4.69, 9.17) is 0 Å². The van der Waals surface area contributed by atoms with Crippen molar-refractivity contribution in [3.05, 3.63) is 0 Å². The molecule has 3 heteroatoms. The van der Waals surface area contributed by atoms with E-state index < -0.39 is 0 Å². The van der Waals surface area contributed by atoms with Crippen LogP contribution in [0.2, 0.25) is 0 Å². The summed E-state index contributed by atoms with van der Waals surface area (Å²) in [6.45, 7) is 6.44. The monoisotopic (exact) mass is 207 g/mol. The summed E-state index contributed by atoms with van der Waals surface area (Å²) in [6, 6.07) is 0. The van der Waals surface area contributed by atoms with Gasteiger partial charge < -0.3 is 5.32 Å². The Morgan fingerprint density at radius 2 is 2.10 bits per heavy atom. The van der Waals surface area contributed by atoms with Crippen molar-refractivity contribution in [3.8, 4) is 0 Å². The SMILES string of the molecule is CCNC(=O)C(C)(C)CBr. The van der Waals surface area contributed by atoms with E-state index in [0.29, 0.717) is 11.9 Å². The van der Waals surface area contributed by atoms with Crippen LogP contribution in [0.1, 0.15) is 20.8 Å². The third-order valence-electron chi connectivity index (χ3n) is 1.29. The molecule has 60 valence electrons. The molecule has 0 saturated carbocycles. The Hall–Kier alpha value is -0.0500. The first-order valence-electron chi connectivity index (χ1n) is 3.39. The third-order valence-corrected chi connectivity index (χ3v) is 2.69. The molecule has 0 aliphatic heterocycles. The van der Waals surface area contributed by atoms with E-state index in [1.54, 1.807) is 0 Å². The van der Waals surface area contributed by atoms with Crippen LogP contribution in [-0.4, -0.2) is 17.8 Å². The Morgan fingerprint density at radius 1 is 1.60 bits per heavy atom. The van der Waals surface area contributed by atoms with E-state index in [2.05, 4.69) is 21.2 Å². The van der Waals surface area contributed by atoms with Gasteiger partial charge in [-0.15, -0.1) is 0 Å². The number of hydrogen-bond donors (Lipinski definition) is 1. The van der Waals surface area contributed by atoms with Crippen molar-refractivity contribution < 1.29 is 4.79 Å². The second kappa shape index (κ2) is 3.96. The molecule has 1 N–H and O–H groups in total. The predicted octanol–water partition coefficient (Wildman–Crippen LogP) is 1.54. The normalized spacial score (nSPS) is 11.2. The molecule has 0 aliphatic rings. The van der Waals surface area contributed by atoms with Crippen LogP contribution in [-0.2, 0) is 4.79 Å². The van der Waals surface area contributed by atoms with Crippen LogP contribution < -0.4 is 5.32 Å². The molecule has 10 heavy (non-hydrogen) atoms. The highest BCUT2D eigenvalue weighted by molar-refractivity contribution is 9.09. The van der Waals surface area contributed by atoms with E-state index in [1.807, 2.05) is 20.8 Å². The maximum atomic E-state index is 11.2. The predicted molar refractivity (Wildman–Crippen MR) is 46.3 cm³/mol. The average molecular weight is 208 g/mol. The van der Waals surface area contributed by atoms with Crippen LogP contribution in [0.4, 0.5) is 0 Å². The van der Waals surface area contributed by atoms with Crippen LogP contribution in [0.5, 0.6) is 0 Å². The fourth-order valence-corrected chi connectivity index (χ4v) is 0.715. The number of nitrogens with one attached hydrogen (secondary N) is 1.